The molecule has 23 heteroatoms. The third-order valence-corrected chi connectivity index (χ3v) is 12.0. The van der Waals surface area contributed by atoms with Gasteiger partial charge in [0.15, 0.2) is 17.9 Å². The van der Waals surface area contributed by atoms with Gasteiger partial charge in [0, 0.05) is 63.3 Å². The van der Waals surface area contributed by atoms with E-state index in [2.05, 4.69) is 52.5 Å². The summed E-state index contributed by atoms with van der Waals surface area (Å²) in [5.74, 6) is -1.20. The van der Waals surface area contributed by atoms with Gasteiger partial charge in [-0.2, -0.15) is 0 Å². The zero-order valence-electron chi connectivity index (χ0n) is 39.3. The Hall–Kier alpha value is -6.17. The van der Waals surface area contributed by atoms with Crippen LogP contribution in [-0.4, -0.2) is 95.8 Å². The fourth-order valence-corrected chi connectivity index (χ4v) is 8.06. The van der Waals surface area contributed by atoms with Gasteiger partial charge < -0.3 is 65.5 Å². The first-order valence-electron chi connectivity index (χ1n) is 21.9. The highest BCUT2D eigenvalue weighted by atomic mass is 32.2. The molecule has 0 radical (unpaired) electrons. The maximum Gasteiger partial charge on any atom is 0.274 e. The fourth-order valence-electron chi connectivity index (χ4n) is 6.14. The van der Waals surface area contributed by atoms with Gasteiger partial charge in [0.2, 0.25) is 11.8 Å². The van der Waals surface area contributed by atoms with E-state index in [1.54, 1.807) is 0 Å². The minimum Gasteiger partial charge on any atom is -0.370 e. The van der Waals surface area contributed by atoms with E-state index in [0.717, 1.165) is 17.5 Å². The second-order valence-electron chi connectivity index (χ2n) is 17.4. The van der Waals surface area contributed by atoms with Crippen LogP contribution in [0.1, 0.15) is 112 Å². The number of hydrogen-bond acceptors (Lipinski definition) is 13. The molecule has 0 aliphatic carbocycles. The van der Waals surface area contributed by atoms with E-state index < -0.39 is 17.2 Å². The van der Waals surface area contributed by atoms with Crippen LogP contribution in [0, 0.1) is 16.2 Å². The Balaban J connectivity index is 1.99. The van der Waals surface area contributed by atoms with Crippen LogP contribution < -0.4 is 65.5 Å². The fraction of sp³-hybridized carbons (Fsp3) is 0.477. The van der Waals surface area contributed by atoms with Crippen LogP contribution in [0.4, 0.5) is 22.7 Å². The number of nitrogens with zero attached hydrogens (tertiary/aromatic N) is 2. The van der Waals surface area contributed by atoms with Crippen LogP contribution >= 0.6 is 23.5 Å². The number of benzene rings is 2. The lowest BCUT2D eigenvalue weighted by Crippen LogP contribution is -2.31. The van der Waals surface area contributed by atoms with Gasteiger partial charge in [-0.15, -0.1) is 23.5 Å². The lowest BCUT2D eigenvalue weighted by Gasteiger charge is -2.24. The Morgan fingerprint density at radius 2 is 0.925 bits per heavy atom. The third-order valence-electron chi connectivity index (χ3n) is 9.71. The monoisotopic (exact) mass is 964 g/mol. The number of carbonyl (C=O) groups excluding carboxylic acids is 4. The minimum atomic E-state index is -0.637. The van der Waals surface area contributed by atoms with E-state index in [1.165, 1.54) is 29.6 Å². The molecule has 19 N–H and O–H groups in total. The van der Waals surface area contributed by atoms with Crippen LogP contribution in [0.2, 0.25) is 0 Å². The highest BCUT2D eigenvalue weighted by Crippen LogP contribution is 2.41. The van der Waals surface area contributed by atoms with Crippen molar-refractivity contribution >= 4 is 87.8 Å². The van der Waals surface area contributed by atoms with Crippen molar-refractivity contribution in [1.29, 1.82) is 16.2 Å². The molecular formula is C44H69N17O4S2. The molecule has 0 saturated carbocycles. The topological polar surface area (TPSA) is 366 Å². The Morgan fingerprint density at radius 3 is 1.30 bits per heavy atom. The molecule has 3 aromatic rings. The second-order valence-corrected chi connectivity index (χ2v) is 19.6. The first-order chi connectivity index (χ1) is 31.6. The van der Waals surface area contributed by atoms with E-state index >= 15 is 0 Å². The lowest BCUT2D eigenvalue weighted by molar-refractivity contribution is -0.117. The zero-order chi connectivity index (χ0) is 49.7. The molecule has 1 heterocycles. The maximum absolute atomic E-state index is 14.1. The molecule has 0 aliphatic rings. The van der Waals surface area contributed by atoms with Gasteiger partial charge in [-0.05, 0) is 71.9 Å². The number of thioether (sulfide) groups is 2. The largest absolute Gasteiger partial charge is 0.370 e. The standard InChI is InChI=1S/C44H69N17O4S2/c1-43(2,3)26-19-28(58-34(62)11-7-9-13-53-40(46)47)36(66-17-15-52-24-45)30(21-26)60-38(64)32-23-33(57-25-56-32)39(65)61-31-22-27(44(4,5)6)20-29(37(31)67-18-16-55-42(50)51)59-35(63)12-8-10-14-54-41(48)49/h19-23,25,52H,7-18,24,45H2,1-6H3,(H,58,62)(H,59,63)(H,60,64)(H,61,65)(H4,46,47,53)(H4,48,49,54)(H4,50,51,55). The number of nitrogens with one attached hydrogen (secondary N) is 11. The summed E-state index contributed by atoms with van der Waals surface area (Å²) in [6.07, 6.45) is 3.91. The van der Waals surface area contributed by atoms with Gasteiger partial charge in [0.25, 0.3) is 11.8 Å². The van der Waals surface area contributed by atoms with E-state index in [4.69, 9.17) is 39.2 Å². The number of unbranched alkanes of at least 4 members (excludes halogenated alkanes) is 2. The van der Waals surface area contributed by atoms with Crippen molar-refractivity contribution in [2.75, 3.05) is 65.6 Å². The number of hydrogen-bond donors (Lipinski definition) is 15. The number of rotatable bonds is 25. The van der Waals surface area contributed by atoms with Gasteiger partial charge in [-0.3, -0.25) is 35.4 Å². The summed E-state index contributed by atoms with van der Waals surface area (Å²) in [5.41, 5.74) is 24.5. The predicted molar refractivity (Wildman–Crippen MR) is 271 cm³/mol. The average Bonchev–Trinajstić information content (AvgIpc) is 3.23. The van der Waals surface area contributed by atoms with Crippen LogP contribution in [0.5, 0.6) is 0 Å². The molecule has 0 aliphatic heterocycles. The van der Waals surface area contributed by atoms with Crippen LogP contribution in [-0.2, 0) is 20.4 Å². The van der Waals surface area contributed by atoms with Crippen molar-refractivity contribution < 1.29 is 19.2 Å². The molecule has 0 bridgehead atoms. The summed E-state index contributed by atoms with van der Waals surface area (Å²) in [4.78, 5) is 64.5. The number of guanidine groups is 3. The molecule has 0 spiro atoms. The molecule has 0 saturated heterocycles. The Morgan fingerprint density at radius 1 is 0.552 bits per heavy atom. The van der Waals surface area contributed by atoms with Crippen LogP contribution in [0.3, 0.4) is 0 Å². The van der Waals surface area contributed by atoms with Gasteiger partial charge in [0.05, 0.1) is 32.5 Å². The average molecular weight is 964 g/mol. The molecule has 0 unspecified atom stereocenters. The molecule has 4 amide bonds. The highest BCUT2D eigenvalue weighted by molar-refractivity contribution is 7.99. The molecule has 67 heavy (non-hydrogen) atoms. The van der Waals surface area contributed by atoms with Crippen LogP contribution in [0.25, 0.3) is 0 Å². The quantitative estimate of drug-likeness (QED) is 0.0188. The van der Waals surface area contributed by atoms with Gasteiger partial charge in [0.1, 0.15) is 17.7 Å². The van der Waals surface area contributed by atoms with Crippen molar-refractivity contribution in [3.63, 3.8) is 0 Å². The molecule has 0 fully saturated rings. The van der Waals surface area contributed by atoms with E-state index in [0.29, 0.717) is 95.9 Å². The third kappa shape index (κ3) is 19.7. The highest BCUT2D eigenvalue weighted by Gasteiger charge is 2.25. The lowest BCUT2D eigenvalue weighted by atomic mass is 9.86. The summed E-state index contributed by atoms with van der Waals surface area (Å²) in [7, 11) is 0. The van der Waals surface area contributed by atoms with Crippen molar-refractivity contribution in [3.05, 3.63) is 59.2 Å². The van der Waals surface area contributed by atoms with Gasteiger partial charge in [-0.1, -0.05) is 41.5 Å². The number of amides is 4. The first kappa shape index (κ1) is 55.2. The SMILES string of the molecule is CC(C)(C)c1cc(NC(=O)CCCCNC(=N)N)c(SCCNCN)c(NC(=O)c2cc(C(=O)Nc3cc(C(C)(C)C)cc(NC(=O)CCCCNC(=N)N)c3SCCNC(=N)N)ncn2)c1. The Labute approximate surface area is 401 Å². The number of anilines is 4. The molecule has 366 valence electrons. The van der Waals surface area contributed by atoms with E-state index in [9.17, 15) is 19.2 Å². The zero-order valence-corrected chi connectivity index (χ0v) is 40.9. The summed E-state index contributed by atoms with van der Waals surface area (Å²) >= 11 is 2.77. The van der Waals surface area contributed by atoms with Crippen molar-refractivity contribution in [2.45, 2.75) is 101 Å². The Bertz CT molecular complexity index is 2230. The summed E-state index contributed by atoms with van der Waals surface area (Å²) in [6.45, 7) is 14.2. The van der Waals surface area contributed by atoms with Crippen LogP contribution in [0.15, 0.2) is 46.5 Å². The molecule has 0 atom stereocenters. The smallest absolute Gasteiger partial charge is 0.274 e. The van der Waals surface area contributed by atoms with Gasteiger partial charge in [-0.25, -0.2) is 9.97 Å². The Kier molecular flexibility index (Phi) is 22.1. The van der Waals surface area contributed by atoms with E-state index in [-0.39, 0.29) is 66.0 Å². The number of aromatic nitrogens is 2. The molecule has 1 aromatic heterocycles. The maximum atomic E-state index is 14.1. The molecular weight excluding hydrogens is 895 g/mol. The number of carbonyl (C=O) groups is 4. The van der Waals surface area contributed by atoms with E-state index in [1.807, 2.05) is 65.8 Å². The number of nitrogens with two attached hydrogens (primary N) is 4. The van der Waals surface area contributed by atoms with Crippen molar-refractivity contribution in [3.8, 4) is 0 Å². The molecule has 3 rings (SSSR count). The second kappa shape index (κ2) is 26.8. The summed E-state index contributed by atoms with van der Waals surface area (Å²) in [5, 5.41) is 45.6. The first-order valence-corrected chi connectivity index (χ1v) is 23.9. The van der Waals surface area contributed by atoms with Crippen molar-refractivity contribution in [1.82, 2.24) is 31.2 Å². The van der Waals surface area contributed by atoms with Gasteiger partial charge >= 0.3 is 0 Å². The molecule has 2 aromatic carbocycles. The minimum absolute atomic E-state index is 0.0911. The van der Waals surface area contributed by atoms with Crippen molar-refractivity contribution in [2.24, 2.45) is 22.9 Å². The normalized spacial score (nSPS) is 11.3. The predicted octanol–water partition coefficient (Wildman–Crippen LogP) is 3.93. The summed E-state index contributed by atoms with van der Waals surface area (Å²) in [6, 6.07) is 8.78. The summed E-state index contributed by atoms with van der Waals surface area (Å²) < 4.78 is 0. The molecule has 21 nitrogen and oxygen atoms in total.